The first-order valence-electron chi connectivity index (χ1n) is 8.67. The first-order valence-corrected chi connectivity index (χ1v) is 8.67. The molecule has 23 heavy (non-hydrogen) atoms. The number of rotatable bonds is 14. The maximum atomic E-state index is 11.7. The Morgan fingerprint density at radius 1 is 1.09 bits per heavy atom. The molecule has 0 rings (SSSR count). The predicted molar refractivity (Wildman–Crippen MR) is 94.0 cm³/mol. The van der Waals surface area contributed by atoms with Gasteiger partial charge in [-0.15, -0.1) is 6.58 Å². The fourth-order valence-electron chi connectivity index (χ4n) is 2.42. The van der Waals surface area contributed by atoms with Crippen LogP contribution in [0.25, 0.3) is 0 Å². The molecule has 0 heterocycles. The molecule has 0 aliphatic carbocycles. The normalized spacial score (nSPS) is 11.1. The lowest BCUT2D eigenvalue weighted by Crippen LogP contribution is -2.45. The minimum Gasteiger partial charge on any atom is -0.465 e. The van der Waals surface area contributed by atoms with Gasteiger partial charge in [0, 0.05) is 19.4 Å². The lowest BCUT2D eigenvalue weighted by Gasteiger charge is -2.28. The number of likely N-dealkylation sites (N-methyl/N-ethyl adjacent to an activating group) is 1. The highest BCUT2D eigenvalue weighted by Gasteiger charge is 2.19. The van der Waals surface area contributed by atoms with E-state index in [1.54, 1.807) is 0 Å². The zero-order valence-electron chi connectivity index (χ0n) is 15.2. The van der Waals surface area contributed by atoms with E-state index < -0.39 is 0 Å². The monoisotopic (exact) mass is 327 g/mol. The highest BCUT2D eigenvalue weighted by molar-refractivity contribution is 5.75. The second-order valence-corrected chi connectivity index (χ2v) is 6.69. The summed E-state index contributed by atoms with van der Waals surface area (Å²) < 4.78 is 5.26. The molecule has 0 fully saturated rings. The lowest BCUT2D eigenvalue weighted by atomic mass is 10.1. The maximum Gasteiger partial charge on any atom is 0.361 e. The maximum absolute atomic E-state index is 11.7. The van der Waals surface area contributed by atoms with E-state index in [0.29, 0.717) is 24.0 Å². The van der Waals surface area contributed by atoms with Crippen LogP contribution in [0.15, 0.2) is 12.7 Å². The van der Waals surface area contributed by atoms with E-state index in [9.17, 15) is 9.59 Å². The van der Waals surface area contributed by atoms with E-state index >= 15 is 0 Å². The molecule has 0 radical (unpaired) electrons. The van der Waals surface area contributed by atoms with Crippen molar-refractivity contribution in [3.63, 3.8) is 0 Å². The van der Waals surface area contributed by atoms with E-state index in [2.05, 4.69) is 16.6 Å². The Morgan fingerprint density at radius 3 is 2.39 bits per heavy atom. The van der Waals surface area contributed by atoms with Crippen LogP contribution in [-0.4, -0.2) is 57.2 Å². The predicted octanol–water partition coefficient (Wildman–Crippen LogP) is 2.66. The minimum absolute atomic E-state index is 0.134. The van der Waals surface area contributed by atoms with Crippen LogP contribution in [0.4, 0.5) is 0 Å². The molecular weight excluding hydrogens is 292 g/mol. The largest absolute Gasteiger partial charge is 0.465 e. The van der Waals surface area contributed by atoms with Crippen molar-refractivity contribution in [2.45, 2.75) is 51.4 Å². The van der Waals surface area contributed by atoms with Crippen molar-refractivity contribution in [2.75, 3.05) is 40.8 Å². The molecule has 0 atom stereocenters. The Kier molecular flexibility index (Phi) is 12.3. The summed E-state index contributed by atoms with van der Waals surface area (Å²) in [4.78, 5) is 23.0. The number of quaternary nitrogens is 1. The third kappa shape index (κ3) is 14.0. The molecule has 0 saturated heterocycles. The van der Waals surface area contributed by atoms with Gasteiger partial charge in [0.05, 0.1) is 27.7 Å². The van der Waals surface area contributed by atoms with Crippen molar-refractivity contribution in [1.29, 1.82) is 0 Å². The molecule has 5 heteroatoms. The van der Waals surface area contributed by atoms with Crippen molar-refractivity contribution in [1.82, 2.24) is 5.32 Å². The zero-order chi connectivity index (χ0) is 17.6. The fraction of sp³-hybridized carbons (Fsp3) is 0.778. The second kappa shape index (κ2) is 13.1. The standard InChI is InChI=1S/C18H34N2O3/c1-5-6-7-8-9-10-11-13-17(21)19-14-12-15-20(2,3)16-18(22)23-4/h5H,1,6-16H2,2-4H3/p+1. The highest BCUT2D eigenvalue weighted by Crippen LogP contribution is 2.07. The molecule has 0 aliphatic heterocycles. The Bertz CT molecular complexity index is 354. The van der Waals surface area contributed by atoms with Gasteiger partial charge in [0.1, 0.15) is 0 Å². The van der Waals surface area contributed by atoms with E-state index in [-0.39, 0.29) is 11.9 Å². The van der Waals surface area contributed by atoms with Crippen LogP contribution in [-0.2, 0) is 14.3 Å². The van der Waals surface area contributed by atoms with Gasteiger partial charge in [-0.3, -0.25) is 4.79 Å². The van der Waals surface area contributed by atoms with Crippen LogP contribution in [0, 0.1) is 0 Å². The van der Waals surface area contributed by atoms with Crippen LogP contribution in [0.5, 0.6) is 0 Å². The number of carbonyl (C=O) groups is 2. The molecule has 5 nitrogen and oxygen atoms in total. The van der Waals surface area contributed by atoms with Gasteiger partial charge in [0.15, 0.2) is 6.54 Å². The van der Waals surface area contributed by atoms with Crippen molar-refractivity contribution in [3.05, 3.63) is 12.7 Å². The number of esters is 1. The van der Waals surface area contributed by atoms with Crippen molar-refractivity contribution >= 4 is 11.9 Å². The summed E-state index contributed by atoms with van der Waals surface area (Å²) in [7, 11) is 5.39. The van der Waals surface area contributed by atoms with Crippen LogP contribution in [0.3, 0.4) is 0 Å². The van der Waals surface area contributed by atoms with Crippen molar-refractivity contribution in [2.24, 2.45) is 0 Å². The van der Waals surface area contributed by atoms with E-state index in [1.807, 2.05) is 20.2 Å². The van der Waals surface area contributed by atoms with E-state index in [4.69, 9.17) is 0 Å². The smallest absolute Gasteiger partial charge is 0.361 e. The molecule has 0 bridgehead atoms. The number of amides is 1. The van der Waals surface area contributed by atoms with Crippen LogP contribution in [0.2, 0.25) is 0 Å². The molecule has 134 valence electrons. The molecule has 0 spiro atoms. The fourth-order valence-corrected chi connectivity index (χ4v) is 2.42. The summed E-state index contributed by atoms with van der Waals surface area (Å²) in [5.74, 6) is -0.0681. The average molecular weight is 327 g/mol. The van der Waals surface area contributed by atoms with Crippen LogP contribution >= 0.6 is 0 Å². The number of ether oxygens (including phenoxy) is 1. The third-order valence-electron chi connectivity index (χ3n) is 3.86. The Hall–Kier alpha value is -1.36. The topological polar surface area (TPSA) is 55.4 Å². The number of nitrogens with one attached hydrogen (secondary N) is 1. The summed E-state index contributed by atoms with van der Waals surface area (Å²) in [6.45, 7) is 5.57. The summed E-state index contributed by atoms with van der Waals surface area (Å²) >= 11 is 0. The number of hydrogen-bond acceptors (Lipinski definition) is 3. The Labute approximate surface area is 141 Å². The molecule has 1 amide bonds. The van der Waals surface area contributed by atoms with Gasteiger partial charge in [0.25, 0.3) is 0 Å². The number of hydrogen-bond donors (Lipinski definition) is 1. The molecule has 1 N–H and O–H groups in total. The lowest BCUT2D eigenvalue weighted by molar-refractivity contribution is -0.883. The summed E-state index contributed by atoms with van der Waals surface area (Å²) in [6.07, 6.45) is 10.2. The number of carbonyl (C=O) groups excluding carboxylic acids is 2. The van der Waals surface area contributed by atoms with E-state index in [0.717, 1.165) is 32.2 Å². The zero-order valence-corrected chi connectivity index (χ0v) is 15.2. The van der Waals surface area contributed by atoms with Gasteiger partial charge in [0.2, 0.25) is 5.91 Å². The van der Waals surface area contributed by atoms with Crippen molar-refractivity contribution in [3.8, 4) is 0 Å². The second-order valence-electron chi connectivity index (χ2n) is 6.69. The first-order chi connectivity index (χ1) is 10.9. The van der Waals surface area contributed by atoms with E-state index in [1.165, 1.54) is 26.4 Å². The van der Waals surface area contributed by atoms with Crippen LogP contribution < -0.4 is 5.32 Å². The minimum atomic E-state index is -0.202. The van der Waals surface area contributed by atoms with Gasteiger partial charge in [-0.1, -0.05) is 25.3 Å². The molecule has 0 aromatic rings. The molecule has 0 aliphatic rings. The summed E-state index contributed by atoms with van der Waals surface area (Å²) in [5.41, 5.74) is 0. The molecule has 0 saturated carbocycles. The highest BCUT2D eigenvalue weighted by atomic mass is 16.5. The number of unbranched alkanes of at least 4 members (excludes halogenated alkanes) is 5. The summed E-state index contributed by atoms with van der Waals surface area (Å²) in [6, 6.07) is 0. The average Bonchev–Trinajstić information content (AvgIpc) is 2.50. The van der Waals surface area contributed by atoms with Gasteiger partial charge < -0.3 is 14.5 Å². The summed E-state index contributed by atoms with van der Waals surface area (Å²) in [5, 5.41) is 2.96. The van der Waals surface area contributed by atoms with Gasteiger partial charge in [-0.2, -0.15) is 0 Å². The third-order valence-corrected chi connectivity index (χ3v) is 3.86. The Balaban J connectivity index is 3.56. The number of allylic oxidation sites excluding steroid dienone is 1. The first kappa shape index (κ1) is 21.6. The molecular formula is C18H35N2O3+. The number of methoxy groups -OCH3 is 1. The quantitative estimate of drug-likeness (QED) is 0.231. The van der Waals surface area contributed by atoms with Gasteiger partial charge in [-0.25, -0.2) is 4.79 Å². The SMILES string of the molecule is C=CCCCCCCCC(=O)NCCC[N+](C)(C)CC(=O)OC. The Morgan fingerprint density at radius 2 is 1.74 bits per heavy atom. The molecule has 0 unspecified atom stereocenters. The van der Waals surface area contributed by atoms with Gasteiger partial charge >= 0.3 is 5.97 Å². The van der Waals surface area contributed by atoms with Crippen molar-refractivity contribution < 1.29 is 18.8 Å². The van der Waals surface area contributed by atoms with Gasteiger partial charge in [-0.05, 0) is 19.3 Å². The number of nitrogens with zero attached hydrogens (tertiary/aromatic N) is 1. The van der Waals surface area contributed by atoms with Crippen LogP contribution in [0.1, 0.15) is 51.4 Å². The molecule has 0 aromatic carbocycles. The molecule has 0 aromatic heterocycles.